The Morgan fingerprint density at radius 1 is 0.786 bits per heavy atom. The van der Waals surface area contributed by atoms with Crippen LogP contribution in [0, 0.1) is 35.5 Å². The van der Waals surface area contributed by atoms with Crippen molar-refractivity contribution >= 4 is 0 Å². The summed E-state index contributed by atoms with van der Waals surface area (Å²) in [5.41, 5.74) is 10.4. The quantitative estimate of drug-likeness (QED) is 0.171. The van der Waals surface area contributed by atoms with Gasteiger partial charge in [-0.15, -0.1) is 5.73 Å². The Labute approximate surface area is 261 Å². The highest BCUT2D eigenvalue weighted by Crippen LogP contribution is 2.45. The van der Waals surface area contributed by atoms with Crippen LogP contribution in [0.2, 0.25) is 0 Å². The lowest BCUT2D eigenvalue weighted by Crippen LogP contribution is -2.48. The molecule has 1 heteroatoms. The van der Waals surface area contributed by atoms with E-state index in [4.69, 9.17) is 0 Å². The molecule has 0 radical (unpaired) electrons. The standard InChI is InChI=1S/C41H67N/c1-5-9-14-30(6-2)34-19-23-35(24-20-34)40(8-4)42-41(39-26-22-33-16-11-13-18-37(33)28-39)29-31(7-3)38-25-21-32-15-10-12-17-36(32)27-38/h25,30,32,34-36,39-42H,3,5-6,8-24,26-29H2,1-2,4H3/t30-,32+,34?,35?,36-,39+,40-,41+/m1/s1. The van der Waals surface area contributed by atoms with E-state index in [9.17, 15) is 0 Å². The van der Waals surface area contributed by atoms with Gasteiger partial charge in [0, 0.05) is 12.1 Å². The van der Waals surface area contributed by atoms with E-state index in [0.717, 1.165) is 41.9 Å². The number of hydrogen-bond acceptors (Lipinski definition) is 1. The molecule has 0 aromatic rings. The summed E-state index contributed by atoms with van der Waals surface area (Å²) in [5.74, 6) is 5.46. The molecule has 1 N–H and O–H groups in total. The zero-order chi connectivity index (χ0) is 29.3. The Morgan fingerprint density at radius 3 is 2.24 bits per heavy atom. The molecule has 2 fully saturated rings. The van der Waals surface area contributed by atoms with Crippen LogP contribution in [0.3, 0.4) is 0 Å². The van der Waals surface area contributed by atoms with Crippen molar-refractivity contribution in [2.75, 3.05) is 0 Å². The Hall–Kier alpha value is -1.04. The first kappa shape index (κ1) is 32.4. The van der Waals surface area contributed by atoms with Crippen LogP contribution >= 0.6 is 0 Å². The molecule has 6 atom stereocenters. The van der Waals surface area contributed by atoms with E-state index in [1.165, 1.54) is 147 Å². The summed E-state index contributed by atoms with van der Waals surface area (Å²) in [6, 6.07) is 1.24. The number of fused-ring (bicyclic) bond motifs is 1. The number of nitrogens with one attached hydrogen (secondary N) is 1. The number of rotatable bonds is 13. The fourth-order valence-corrected chi connectivity index (χ4v) is 10.5. The highest BCUT2D eigenvalue weighted by atomic mass is 15.0. The topological polar surface area (TPSA) is 12.0 Å². The van der Waals surface area contributed by atoms with Crippen LogP contribution in [0.5, 0.6) is 0 Å². The first-order chi connectivity index (χ1) is 20.6. The van der Waals surface area contributed by atoms with Gasteiger partial charge >= 0.3 is 0 Å². The third-order valence-corrected chi connectivity index (χ3v) is 13.2. The van der Waals surface area contributed by atoms with Crippen molar-refractivity contribution in [3.05, 3.63) is 40.7 Å². The van der Waals surface area contributed by atoms with E-state index >= 15 is 0 Å². The maximum atomic E-state index is 4.45. The summed E-state index contributed by atoms with van der Waals surface area (Å²) in [5, 5.41) is 4.45. The maximum absolute atomic E-state index is 4.45. The smallest absolute Gasteiger partial charge is 0.0148 e. The summed E-state index contributed by atoms with van der Waals surface area (Å²) in [7, 11) is 0. The summed E-state index contributed by atoms with van der Waals surface area (Å²) in [6.45, 7) is 11.6. The summed E-state index contributed by atoms with van der Waals surface area (Å²) in [4.78, 5) is 0. The third kappa shape index (κ3) is 8.16. The van der Waals surface area contributed by atoms with E-state index in [1.807, 2.05) is 11.1 Å². The van der Waals surface area contributed by atoms with Crippen LogP contribution in [0.1, 0.15) is 168 Å². The van der Waals surface area contributed by atoms with E-state index < -0.39 is 0 Å². The van der Waals surface area contributed by atoms with E-state index in [0.29, 0.717) is 12.1 Å². The van der Waals surface area contributed by atoms with E-state index in [1.54, 1.807) is 5.57 Å². The van der Waals surface area contributed by atoms with Gasteiger partial charge in [-0.05, 0) is 156 Å². The molecule has 0 aromatic carbocycles. The minimum Gasteiger partial charge on any atom is -0.310 e. The molecule has 236 valence electrons. The number of allylic oxidation sites excluding steroid dienone is 4. The van der Waals surface area contributed by atoms with Crippen LogP contribution in [-0.4, -0.2) is 12.1 Å². The fraction of sp³-hybridized carbons (Fsp3) is 0.829. The van der Waals surface area contributed by atoms with Crippen LogP contribution in [-0.2, 0) is 0 Å². The molecule has 2 saturated carbocycles. The first-order valence-corrected chi connectivity index (χ1v) is 19.2. The first-order valence-electron chi connectivity index (χ1n) is 19.2. The lowest BCUT2D eigenvalue weighted by Gasteiger charge is -2.42. The minimum atomic E-state index is 0.575. The highest BCUT2D eigenvalue weighted by Gasteiger charge is 2.36. The Morgan fingerprint density at radius 2 is 1.52 bits per heavy atom. The normalized spacial score (nSPS) is 32.2. The predicted molar refractivity (Wildman–Crippen MR) is 183 cm³/mol. The summed E-state index contributed by atoms with van der Waals surface area (Å²) < 4.78 is 0. The van der Waals surface area contributed by atoms with Crippen molar-refractivity contribution < 1.29 is 0 Å². The monoisotopic (exact) mass is 574 g/mol. The maximum Gasteiger partial charge on any atom is 0.0148 e. The van der Waals surface area contributed by atoms with Crippen molar-refractivity contribution in [2.24, 2.45) is 35.5 Å². The van der Waals surface area contributed by atoms with Crippen LogP contribution in [0.4, 0.5) is 0 Å². The third-order valence-electron chi connectivity index (χ3n) is 13.2. The van der Waals surface area contributed by atoms with Crippen molar-refractivity contribution in [3.63, 3.8) is 0 Å². The average Bonchev–Trinajstić information content (AvgIpc) is 3.05. The minimum absolute atomic E-state index is 0.575. The second-order valence-corrected chi connectivity index (χ2v) is 15.5. The number of hydrogen-bond donors (Lipinski definition) is 1. The molecule has 5 aliphatic carbocycles. The predicted octanol–water partition coefficient (Wildman–Crippen LogP) is 12.0. The van der Waals surface area contributed by atoms with E-state index in [2.05, 4.69) is 44.5 Å². The van der Waals surface area contributed by atoms with Crippen LogP contribution in [0.15, 0.2) is 40.7 Å². The molecule has 0 bridgehead atoms. The van der Waals surface area contributed by atoms with Crippen LogP contribution in [0.25, 0.3) is 0 Å². The molecule has 0 amide bonds. The van der Waals surface area contributed by atoms with Crippen molar-refractivity contribution in [3.8, 4) is 0 Å². The molecular formula is C41H67N. The summed E-state index contributed by atoms with van der Waals surface area (Å²) >= 11 is 0. The van der Waals surface area contributed by atoms with Gasteiger partial charge in [0.25, 0.3) is 0 Å². The second kappa shape index (κ2) is 16.3. The molecule has 0 unspecified atom stereocenters. The fourth-order valence-electron chi connectivity index (χ4n) is 10.5. The Balaban J connectivity index is 1.28. The van der Waals surface area contributed by atoms with Gasteiger partial charge in [0.15, 0.2) is 0 Å². The Kier molecular flexibility index (Phi) is 12.6. The summed E-state index contributed by atoms with van der Waals surface area (Å²) in [6.07, 6.45) is 34.7. The SMILES string of the molecule is C=C=C(C[C@H](N[C@H](CC)C1CCC([C@H](CC)CCCC)CC1)[C@H]1CCC2=C(CCCC2)C1)C1=CC[C@@H]2CCCC[C@@H]2C1. The lowest BCUT2D eigenvalue weighted by atomic mass is 9.69. The second-order valence-electron chi connectivity index (χ2n) is 15.5. The molecule has 0 heterocycles. The molecule has 0 aliphatic heterocycles. The zero-order valence-corrected chi connectivity index (χ0v) is 28.2. The lowest BCUT2D eigenvalue weighted by molar-refractivity contribution is 0.148. The van der Waals surface area contributed by atoms with Gasteiger partial charge in [0.2, 0.25) is 0 Å². The van der Waals surface area contributed by atoms with Crippen molar-refractivity contribution in [2.45, 2.75) is 181 Å². The van der Waals surface area contributed by atoms with Gasteiger partial charge in [-0.1, -0.05) is 83.1 Å². The Bertz CT molecular complexity index is 953. The van der Waals surface area contributed by atoms with E-state index in [-0.39, 0.29) is 0 Å². The van der Waals surface area contributed by atoms with Crippen LogP contribution < -0.4 is 5.32 Å². The molecule has 5 aliphatic rings. The van der Waals surface area contributed by atoms with Gasteiger partial charge < -0.3 is 5.32 Å². The van der Waals surface area contributed by atoms with Gasteiger partial charge in [0.05, 0.1) is 0 Å². The molecule has 1 nitrogen and oxygen atoms in total. The van der Waals surface area contributed by atoms with Gasteiger partial charge in [-0.25, -0.2) is 0 Å². The molecule has 5 rings (SSSR count). The van der Waals surface area contributed by atoms with Gasteiger partial charge in [0.1, 0.15) is 0 Å². The number of unbranched alkanes of at least 4 members (excludes halogenated alkanes) is 1. The molecule has 0 aromatic heterocycles. The largest absolute Gasteiger partial charge is 0.310 e. The molecular weight excluding hydrogens is 506 g/mol. The molecule has 0 saturated heterocycles. The van der Waals surface area contributed by atoms with Gasteiger partial charge in [-0.2, -0.15) is 0 Å². The molecule has 0 spiro atoms. The average molecular weight is 574 g/mol. The molecule has 42 heavy (non-hydrogen) atoms. The van der Waals surface area contributed by atoms with Gasteiger partial charge in [-0.3, -0.25) is 0 Å². The highest BCUT2D eigenvalue weighted by molar-refractivity contribution is 5.33. The van der Waals surface area contributed by atoms with Crippen molar-refractivity contribution in [1.29, 1.82) is 0 Å². The zero-order valence-electron chi connectivity index (χ0n) is 28.2. The van der Waals surface area contributed by atoms with Crippen molar-refractivity contribution in [1.82, 2.24) is 5.32 Å².